The number of hydrogen-bond acceptors (Lipinski definition) is 8. The second kappa shape index (κ2) is 10.2. The van der Waals surface area contributed by atoms with Crippen molar-refractivity contribution in [3.63, 3.8) is 0 Å². The number of nitrogens with zero attached hydrogens (tertiary/aromatic N) is 7. The van der Waals surface area contributed by atoms with Gasteiger partial charge in [0, 0.05) is 22.4 Å². The lowest BCUT2D eigenvalue weighted by Crippen LogP contribution is -2.33. The van der Waals surface area contributed by atoms with Crippen LogP contribution in [0.4, 0.5) is 16.0 Å². The molecule has 11 nitrogen and oxygen atoms in total. The van der Waals surface area contributed by atoms with E-state index < -0.39 is 5.41 Å². The van der Waals surface area contributed by atoms with Crippen LogP contribution in [0.1, 0.15) is 35.0 Å². The first-order valence-electron chi connectivity index (χ1n) is 13.5. The molecule has 6 aromatic rings. The Labute approximate surface area is 249 Å². The van der Waals surface area contributed by atoms with Crippen LogP contribution in [-0.2, 0) is 29.6 Å². The number of carbonyl (C=O) groups is 1. The monoisotopic (exact) mass is 594 g/mol. The van der Waals surface area contributed by atoms with Crippen LogP contribution in [0.2, 0.25) is 5.02 Å². The smallest absolute Gasteiger partial charge is 0.240 e. The fraction of sp³-hybridized carbons (Fsp3) is 0.167. The molecule has 4 heterocycles. The number of nitrogens with two attached hydrogens (primary N) is 1. The number of rotatable bonds is 7. The largest absolute Gasteiger partial charge is 0.383 e. The maximum atomic E-state index is 14.5. The third kappa shape index (κ3) is 4.56. The average molecular weight is 595 g/mol. The summed E-state index contributed by atoms with van der Waals surface area (Å²) in [6.45, 7) is 1.98. The zero-order valence-electron chi connectivity index (χ0n) is 22.8. The van der Waals surface area contributed by atoms with E-state index >= 15 is 0 Å². The van der Waals surface area contributed by atoms with Crippen LogP contribution in [0.3, 0.4) is 0 Å². The Kier molecular flexibility index (Phi) is 6.35. The maximum absolute atomic E-state index is 14.5. The number of carbonyl (C=O) groups excluding carboxylic acids is 1. The number of hydrogen-bond donors (Lipinski definition) is 3. The molecule has 3 aromatic heterocycles. The zero-order chi connectivity index (χ0) is 29.7. The van der Waals surface area contributed by atoms with E-state index in [4.69, 9.17) is 27.4 Å². The number of nitrogens with one attached hydrogen (secondary N) is 2. The van der Waals surface area contributed by atoms with Crippen LogP contribution in [0.15, 0.2) is 66.7 Å². The Morgan fingerprint density at radius 1 is 1.05 bits per heavy atom. The standard InChI is InChI=1S/C30H24ClFN10O/c1-30(18-9-6-16(7-10-18)8-13-23-37-40-41-38-23)24-26(33)34-28(35-27(24)36-29(30)43)25-20-12-11-19(31)14-22(20)42(39-25)15-17-4-2-3-5-21(17)32/h2-7,9-12,14H,8,13,15H2,1H3,(H,37,38,40,41)(H3,33,34,35,36,43)/t30-/m0/s1. The third-order valence-electron chi connectivity index (χ3n) is 7.88. The quantitative estimate of drug-likeness (QED) is 0.245. The molecule has 0 aliphatic carbocycles. The highest BCUT2D eigenvalue weighted by atomic mass is 35.5. The molecule has 0 unspecified atom stereocenters. The van der Waals surface area contributed by atoms with Gasteiger partial charge < -0.3 is 11.1 Å². The number of benzene rings is 3. The highest BCUT2D eigenvalue weighted by Gasteiger charge is 2.47. The normalized spacial score (nSPS) is 16.0. The highest BCUT2D eigenvalue weighted by molar-refractivity contribution is 6.31. The molecule has 0 radical (unpaired) electrons. The van der Waals surface area contributed by atoms with Crippen molar-refractivity contribution in [2.45, 2.75) is 31.7 Å². The molecule has 3 aromatic carbocycles. The molecule has 1 atom stereocenters. The fourth-order valence-corrected chi connectivity index (χ4v) is 5.73. The minimum Gasteiger partial charge on any atom is -0.383 e. The van der Waals surface area contributed by atoms with Crippen molar-refractivity contribution in [3.05, 3.63) is 106 Å². The van der Waals surface area contributed by atoms with Gasteiger partial charge in [0.2, 0.25) is 5.91 Å². The lowest BCUT2D eigenvalue weighted by Gasteiger charge is -2.23. The van der Waals surface area contributed by atoms with Gasteiger partial charge in [0.15, 0.2) is 11.6 Å². The molecule has 4 N–H and O–H groups in total. The molecule has 7 rings (SSSR count). The van der Waals surface area contributed by atoms with Gasteiger partial charge in [0.1, 0.15) is 28.6 Å². The molecular formula is C30H24ClFN10O. The number of aryl methyl sites for hydroxylation is 2. The fourth-order valence-electron chi connectivity index (χ4n) is 5.56. The average Bonchev–Trinajstić information content (AvgIpc) is 3.71. The SMILES string of the molecule is C[C@@]1(c2ccc(CCc3nn[nH]n3)cc2)C(=O)Nc2nc(-c3nn(Cc4ccccc4F)c4cc(Cl)ccc34)nc(N)c21. The Morgan fingerprint density at radius 3 is 2.63 bits per heavy atom. The number of nitrogen functional groups attached to an aromatic ring is 1. The lowest BCUT2D eigenvalue weighted by molar-refractivity contribution is -0.119. The van der Waals surface area contributed by atoms with Gasteiger partial charge in [-0.3, -0.25) is 9.48 Å². The Bertz CT molecular complexity index is 2010. The Balaban J connectivity index is 1.25. The first kappa shape index (κ1) is 26.7. The van der Waals surface area contributed by atoms with E-state index in [2.05, 4.69) is 30.9 Å². The van der Waals surface area contributed by atoms with Crippen molar-refractivity contribution in [3.8, 4) is 11.5 Å². The topological polar surface area (TPSA) is 153 Å². The predicted molar refractivity (Wildman–Crippen MR) is 159 cm³/mol. The van der Waals surface area contributed by atoms with Gasteiger partial charge in [0.25, 0.3) is 0 Å². The number of fused-ring (bicyclic) bond motifs is 2. The van der Waals surface area contributed by atoms with Crippen LogP contribution in [0, 0.1) is 5.82 Å². The molecule has 0 saturated carbocycles. The predicted octanol–water partition coefficient (Wildman–Crippen LogP) is 4.47. The summed E-state index contributed by atoms with van der Waals surface area (Å²) >= 11 is 6.32. The zero-order valence-corrected chi connectivity index (χ0v) is 23.6. The van der Waals surface area contributed by atoms with Gasteiger partial charge in [-0.1, -0.05) is 59.3 Å². The van der Waals surface area contributed by atoms with Gasteiger partial charge in [-0.05, 0) is 48.7 Å². The summed E-state index contributed by atoms with van der Waals surface area (Å²) in [5.74, 6) is 0.748. The van der Waals surface area contributed by atoms with Crippen molar-refractivity contribution >= 4 is 40.0 Å². The summed E-state index contributed by atoms with van der Waals surface area (Å²) < 4.78 is 16.2. The number of aromatic nitrogens is 8. The summed E-state index contributed by atoms with van der Waals surface area (Å²) in [6.07, 6.45) is 1.35. The highest BCUT2D eigenvalue weighted by Crippen LogP contribution is 2.45. The molecule has 43 heavy (non-hydrogen) atoms. The van der Waals surface area contributed by atoms with Crippen molar-refractivity contribution in [2.75, 3.05) is 11.1 Å². The van der Waals surface area contributed by atoms with E-state index in [0.29, 0.717) is 50.8 Å². The van der Waals surface area contributed by atoms with Gasteiger partial charge >= 0.3 is 0 Å². The number of amides is 1. The number of halogens is 2. The molecule has 13 heteroatoms. The minimum atomic E-state index is -1.11. The second-order valence-corrected chi connectivity index (χ2v) is 11.0. The van der Waals surface area contributed by atoms with Crippen molar-refractivity contribution in [2.24, 2.45) is 0 Å². The first-order valence-corrected chi connectivity index (χ1v) is 13.9. The number of aromatic amines is 1. The first-order chi connectivity index (χ1) is 20.8. The summed E-state index contributed by atoms with van der Waals surface area (Å²) in [5.41, 5.74) is 9.36. The summed E-state index contributed by atoms with van der Waals surface area (Å²) in [4.78, 5) is 22.8. The molecule has 0 fully saturated rings. The summed E-state index contributed by atoms with van der Waals surface area (Å²) in [5, 5.41) is 22.9. The van der Waals surface area contributed by atoms with Gasteiger partial charge in [-0.2, -0.15) is 10.3 Å². The molecule has 1 amide bonds. The van der Waals surface area contributed by atoms with E-state index in [-0.39, 0.29) is 29.9 Å². The molecular weight excluding hydrogens is 571 g/mol. The van der Waals surface area contributed by atoms with Crippen LogP contribution in [0.5, 0.6) is 0 Å². The van der Waals surface area contributed by atoms with Crippen LogP contribution >= 0.6 is 11.6 Å². The van der Waals surface area contributed by atoms with Gasteiger partial charge in [-0.15, -0.1) is 10.2 Å². The molecule has 0 bridgehead atoms. The summed E-state index contributed by atoms with van der Waals surface area (Å²) in [6, 6.07) is 19.6. The van der Waals surface area contributed by atoms with Crippen LogP contribution in [0.25, 0.3) is 22.4 Å². The van der Waals surface area contributed by atoms with E-state index in [0.717, 1.165) is 17.5 Å². The molecule has 0 saturated heterocycles. The van der Waals surface area contributed by atoms with Crippen molar-refractivity contribution < 1.29 is 9.18 Å². The van der Waals surface area contributed by atoms with Gasteiger partial charge in [0.05, 0.1) is 17.6 Å². The van der Waals surface area contributed by atoms with Crippen LogP contribution < -0.4 is 11.1 Å². The third-order valence-corrected chi connectivity index (χ3v) is 8.12. The Hall–Kier alpha value is -5.23. The minimum absolute atomic E-state index is 0.160. The van der Waals surface area contributed by atoms with E-state index in [1.54, 1.807) is 35.0 Å². The number of tetrazole rings is 1. The van der Waals surface area contributed by atoms with E-state index in [1.165, 1.54) is 6.07 Å². The molecule has 214 valence electrons. The molecule has 1 aliphatic rings. The second-order valence-electron chi connectivity index (χ2n) is 10.5. The molecule has 0 spiro atoms. The van der Waals surface area contributed by atoms with Gasteiger partial charge in [-0.25, -0.2) is 14.4 Å². The van der Waals surface area contributed by atoms with E-state index in [1.807, 2.05) is 37.3 Å². The van der Waals surface area contributed by atoms with Crippen LogP contribution in [-0.4, -0.2) is 46.3 Å². The molecule has 1 aliphatic heterocycles. The maximum Gasteiger partial charge on any atom is 0.240 e. The van der Waals surface area contributed by atoms with Crippen molar-refractivity contribution in [1.29, 1.82) is 0 Å². The number of H-pyrrole nitrogens is 1. The van der Waals surface area contributed by atoms with E-state index in [9.17, 15) is 9.18 Å². The summed E-state index contributed by atoms with van der Waals surface area (Å²) in [7, 11) is 0. The Morgan fingerprint density at radius 2 is 1.86 bits per heavy atom. The number of anilines is 2. The van der Waals surface area contributed by atoms with Crippen molar-refractivity contribution in [1.82, 2.24) is 40.4 Å². The lowest BCUT2D eigenvalue weighted by atomic mass is 9.77.